The van der Waals surface area contributed by atoms with Gasteiger partial charge in [0.1, 0.15) is 5.82 Å². The highest BCUT2D eigenvalue weighted by Gasteiger charge is 2.46. The molecule has 2 rings (SSSR count). The molecule has 70 valence electrons. The molecule has 1 saturated carbocycles. The molecule has 13 heavy (non-hydrogen) atoms. The van der Waals surface area contributed by atoms with E-state index in [2.05, 4.69) is 0 Å². The smallest absolute Gasteiger partial charge is 0.124 e. The fourth-order valence-electron chi connectivity index (χ4n) is 1.56. The van der Waals surface area contributed by atoms with E-state index >= 15 is 0 Å². The van der Waals surface area contributed by atoms with Crippen molar-refractivity contribution in [2.75, 3.05) is 7.11 Å². The first-order chi connectivity index (χ1) is 6.18. The monoisotopic (exact) mass is 200 g/mol. The first kappa shape index (κ1) is 8.97. The van der Waals surface area contributed by atoms with Crippen molar-refractivity contribution in [3.63, 3.8) is 0 Å². The zero-order valence-electron chi connectivity index (χ0n) is 7.31. The highest BCUT2D eigenvalue weighted by atomic mass is 35.5. The van der Waals surface area contributed by atoms with Crippen LogP contribution in [0.25, 0.3) is 0 Å². The van der Waals surface area contributed by atoms with Crippen molar-refractivity contribution >= 4 is 11.6 Å². The summed E-state index contributed by atoms with van der Waals surface area (Å²) in [5.74, 6) is -0.305. The highest BCUT2D eigenvalue weighted by Crippen LogP contribution is 2.50. The van der Waals surface area contributed by atoms with E-state index in [1.54, 1.807) is 13.2 Å². The Labute approximate surface area is 81.5 Å². The lowest BCUT2D eigenvalue weighted by atomic mass is 10.1. The van der Waals surface area contributed by atoms with Crippen LogP contribution in [0.15, 0.2) is 18.2 Å². The van der Waals surface area contributed by atoms with Crippen molar-refractivity contribution in [1.82, 2.24) is 0 Å². The number of halogens is 2. The number of rotatable bonds is 2. The Bertz CT molecular complexity index is 334. The van der Waals surface area contributed by atoms with Crippen LogP contribution in [0.5, 0.6) is 0 Å². The summed E-state index contributed by atoms with van der Waals surface area (Å²) in [7, 11) is 1.66. The highest BCUT2D eigenvalue weighted by molar-refractivity contribution is 6.31. The van der Waals surface area contributed by atoms with Gasteiger partial charge in [-0.05, 0) is 25.0 Å². The van der Waals surface area contributed by atoms with Crippen LogP contribution < -0.4 is 0 Å². The summed E-state index contributed by atoms with van der Waals surface area (Å²) in [4.78, 5) is 0. The van der Waals surface area contributed by atoms with Gasteiger partial charge in [-0.1, -0.05) is 17.7 Å². The van der Waals surface area contributed by atoms with Gasteiger partial charge in [0.05, 0.1) is 5.60 Å². The van der Waals surface area contributed by atoms with E-state index in [0.717, 1.165) is 18.4 Å². The molecule has 0 bridgehead atoms. The molecule has 0 saturated heterocycles. The zero-order chi connectivity index (χ0) is 9.47. The minimum atomic E-state index is -0.305. The van der Waals surface area contributed by atoms with Crippen molar-refractivity contribution < 1.29 is 9.13 Å². The van der Waals surface area contributed by atoms with E-state index < -0.39 is 0 Å². The van der Waals surface area contributed by atoms with Gasteiger partial charge < -0.3 is 4.74 Å². The van der Waals surface area contributed by atoms with Gasteiger partial charge in [0.15, 0.2) is 0 Å². The minimum absolute atomic E-state index is 0.231. The van der Waals surface area contributed by atoms with Gasteiger partial charge in [0, 0.05) is 17.7 Å². The van der Waals surface area contributed by atoms with Crippen LogP contribution in [0.1, 0.15) is 18.4 Å². The second-order valence-corrected chi connectivity index (χ2v) is 3.73. The third-order valence-electron chi connectivity index (χ3n) is 2.52. The summed E-state index contributed by atoms with van der Waals surface area (Å²) in [6.45, 7) is 0. The predicted octanol–water partition coefficient (Wildman–Crippen LogP) is 3.11. The molecule has 0 radical (unpaired) electrons. The Balaban J connectivity index is 2.41. The van der Waals surface area contributed by atoms with Crippen LogP contribution in [-0.2, 0) is 10.3 Å². The summed E-state index contributed by atoms with van der Waals surface area (Å²) in [6, 6.07) is 4.45. The second kappa shape index (κ2) is 2.96. The molecule has 0 atom stereocenters. The van der Waals surface area contributed by atoms with Crippen LogP contribution in [0.2, 0.25) is 5.02 Å². The minimum Gasteiger partial charge on any atom is -0.373 e. The van der Waals surface area contributed by atoms with E-state index in [-0.39, 0.29) is 11.4 Å². The summed E-state index contributed by atoms with van der Waals surface area (Å²) in [5, 5.41) is 0.458. The molecule has 1 nitrogen and oxygen atoms in total. The molecule has 1 aliphatic rings. The van der Waals surface area contributed by atoms with Crippen molar-refractivity contribution in [3.8, 4) is 0 Å². The van der Waals surface area contributed by atoms with Crippen molar-refractivity contribution in [2.24, 2.45) is 0 Å². The average molecular weight is 201 g/mol. The molecule has 0 heterocycles. The first-order valence-corrected chi connectivity index (χ1v) is 4.56. The summed E-state index contributed by atoms with van der Waals surface area (Å²) in [5.41, 5.74) is 0.670. The topological polar surface area (TPSA) is 9.23 Å². The standard InChI is InChI=1S/C10H10ClFO/c1-13-10(4-5-10)8-3-2-7(12)6-9(8)11/h2-3,6H,4-5H2,1H3. The van der Waals surface area contributed by atoms with Crippen LogP contribution in [0.3, 0.4) is 0 Å². The number of hydrogen-bond acceptors (Lipinski definition) is 1. The van der Waals surface area contributed by atoms with Crippen molar-refractivity contribution in [3.05, 3.63) is 34.6 Å². The maximum atomic E-state index is 12.7. The van der Waals surface area contributed by atoms with Crippen LogP contribution >= 0.6 is 11.6 Å². The largest absolute Gasteiger partial charge is 0.373 e. The summed E-state index contributed by atoms with van der Waals surface area (Å²) < 4.78 is 18.1. The van der Waals surface area contributed by atoms with E-state index in [4.69, 9.17) is 16.3 Å². The van der Waals surface area contributed by atoms with Crippen molar-refractivity contribution in [2.45, 2.75) is 18.4 Å². The molecule has 0 unspecified atom stereocenters. The first-order valence-electron chi connectivity index (χ1n) is 4.19. The number of ether oxygens (including phenoxy) is 1. The van der Waals surface area contributed by atoms with E-state index in [1.165, 1.54) is 12.1 Å². The summed E-state index contributed by atoms with van der Waals surface area (Å²) >= 11 is 5.91. The van der Waals surface area contributed by atoms with Gasteiger partial charge in [-0.3, -0.25) is 0 Å². The predicted molar refractivity (Wildman–Crippen MR) is 49.3 cm³/mol. The lowest BCUT2D eigenvalue weighted by Crippen LogP contribution is -2.09. The number of methoxy groups -OCH3 is 1. The fraction of sp³-hybridized carbons (Fsp3) is 0.400. The molecule has 1 aromatic carbocycles. The third-order valence-corrected chi connectivity index (χ3v) is 2.83. The van der Waals surface area contributed by atoms with Gasteiger partial charge in [-0.25, -0.2) is 4.39 Å². The zero-order valence-corrected chi connectivity index (χ0v) is 8.07. The maximum absolute atomic E-state index is 12.7. The maximum Gasteiger partial charge on any atom is 0.124 e. The van der Waals surface area contributed by atoms with E-state index in [1.807, 2.05) is 0 Å². The summed E-state index contributed by atoms with van der Waals surface area (Å²) in [6.07, 6.45) is 1.93. The van der Waals surface area contributed by atoms with Gasteiger partial charge >= 0.3 is 0 Å². The molecule has 0 N–H and O–H groups in total. The van der Waals surface area contributed by atoms with E-state index in [9.17, 15) is 4.39 Å². The van der Waals surface area contributed by atoms with Crippen LogP contribution in [-0.4, -0.2) is 7.11 Å². The molecule has 1 aliphatic carbocycles. The molecule has 0 aromatic heterocycles. The molecule has 0 amide bonds. The van der Waals surface area contributed by atoms with E-state index in [0.29, 0.717) is 5.02 Å². The Morgan fingerprint density at radius 1 is 1.46 bits per heavy atom. The van der Waals surface area contributed by atoms with Crippen LogP contribution in [0.4, 0.5) is 4.39 Å². The van der Waals surface area contributed by atoms with Gasteiger partial charge in [0.25, 0.3) is 0 Å². The second-order valence-electron chi connectivity index (χ2n) is 3.32. The van der Waals surface area contributed by atoms with Gasteiger partial charge in [0.2, 0.25) is 0 Å². The average Bonchev–Trinajstić information content (AvgIpc) is 2.85. The molecule has 0 aliphatic heterocycles. The molecule has 0 spiro atoms. The van der Waals surface area contributed by atoms with Crippen LogP contribution in [0, 0.1) is 5.82 Å². The Morgan fingerprint density at radius 2 is 2.15 bits per heavy atom. The van der Waals surface area contributed by atoms with Gasteiger partial charge in [-0.15, -0.1) is 0 Å². The third kappa shape index (κ3) is 1.45. The Kier molecular flexibility index (Phi) is 2.05. The molecule has 1 aromatic rings. The molecule has 1 fully saturated rings. The molecular formula is C10H10ClFO. The number of benzene rings is 1. The lowest BCUT2D eigenvalue weighted by Gasteiger charge is -2.14. The quantitative estimate of drug-likeness (QED) is 0.713. The SMILES string of the molecule is COC1(c2ccc(F)cc2Cl)CC1. The van der Waals surface area contributed by atoms with Gasteiger partial charge in [-0.2, -0.15) is 0 Å². The fourth-order valence-corrected chi connectivity index (χ4v) is 1.90. The lowest BCUT2D eigenvalue weighted by molar-refractivity contribution is 0.0789. The molecule has 3 heteroatoms. The Morgan fingerprint density at radius 3 is 2.62 bits per heavy atom. The molecular weight excluding hydrogens is 191 g/mol. The number of hydrogen-bond donors (Lipinski definition) is 0. The van der Waals surface area contributed by atoms with Crippen molar-refractivity contribution in [1.29, 1.82) is 0 Å². The Hall–Kier alpha value is -0.600. The normalized spacial score (nSPS) is 18.7.